The lowest BCUT2D eigenvalue weighted by Gasteiger charge is -2.50. The number of rotatable bonds is 3. The average Bonchev–Trinajstić information content (AvgIpc) is 2.33. The summed E-state index contributed by atoms with van der Waals surface area (Å²) >= 11 is 0. The fourth-order valence-electron chi connectivity index (χ4n) is 2.57. The highest BCUT2D eigenvalue weighted by atomic mass is 19.1. The Kier molecular flexibility index (Phi) is 3.67. The number of aryl methyl sites for hydroxylation is 1. The molecular formula is C15H21F2NO. The molecule has 0 aliphatic heterocycles. The van der Waals surface area contributed by atoms with Crippen molar-refractivity contribution in [1.82, 2.24) is 5.32 Å². The molecule has 1 fully saturated rings. The van der Waals surface area contributed by atoms with Crippen molar-refractivity contribution < 1.29 is 13.9 Å². The lowest BCUT2D eigenvalue weighted by molar-refractivity contribution is -0.0755. The predicted molar refractivity (Wildman–Crippen MR) is 70.8 cm³/mol. The molecule has 2 N–H and O–H groups in total. The van der Waals surface area contributed by atoms with Gasteiger partial charge in [0.25, 0.3) is 0 Å². The summed E-state index contributed by atoms with van der Waals surface area (Å²) in [5, 5.41) is 13.0. The molecule has 1 aromatic rings. The monoisotopic (exact) mass is 269 g/mol. The standard InChI is InChI=1S/C15H21F2NO/c1-8-5-12(17)10(6-11(8)16)9(2)18-13-7-14(19)15(13,3)4/h5-6,9,13-14,18-19H,7H2,1-4H3. The van der Waals surface area contributed by atoms with Crippen LogP contribution in [0.3, 0.4) is 0 Å². The lowest BCUT2D eigenvalue weighted by Crippen LogP contribution is -2.60. The van der Waals surface area contributed by atoms with Crippen LogP contribution in [0.4, 0.5) is 8.78 Å². The molecule has 1 aliphatic carbocycles. The molecule has 2 rings (SSSR count). The molecule has 3 unspecified atom stereocenters. The predicted octanol–water partition coefficient (Wildman–Crippen LogP) is 3.08. The van der Waals surface area contributed by atoms with Gasteiger partial charge in [0.2, 0.25) is 0 Å². The third kappa shape index (κ3) is 2.51. The van der Waals surface area contributed by atoms with Crippen molar-refractivity contribution in [2.45, 2.75) is 52.3 Å². The second kappa shape index (κ2) is 4.84. The Morgan fingerprint density at radius 1 is 1.32 bits per heavy atom. The summed E-state index contributed by atoms with van der Waals surface area (Å²) in [5.74, 6) is -0.783. The molecule has 0 saturated heterocycles. The highest BCUT2D eigenvalue weighted by Crippen LogP contribution is 2.41. The highest BCUT2D eigenvalue weighted by molar-refractivity contribution is 5.27. The van der Waals surface area contributed by atoms with E-state index in [9.17, 15) is 13.9 Å². The van der Waals surface area contributed by atoms with Crippen LogP contribution in [-0.2, 0) is 0 Å². The van der Waals surface area contributed by atoms with Crippen LogP contribution in [0.25, 0.3) is 0 Å². The van der Waals surface area contributed by atoms with Crippen molar-refractivity contribution in [2.24, 2.45) is 5.41 Å². The van der Waals surface area contributed by atoms with Crippen LogP contribution in [0.15, 0.2) is 12.1 Å². The van der Waals surface area contributed by atoms with Crippen LogP contribution in [0, 0.1) is 24.0 Å². The molecule has 0 amide bonds. The van der Waals surface area contributed by atoms with Gasteiger partial charge in [-0.3, -0.25) is 0 Å². The molecule has 106 valence electrons. The van der Waals surface area contributed by atoms with Crippen molar-refractivity contribution in [1.29, 1.82) is 0 Å². The number of aliphatic hydroxyl groups is 1. The van der Waals surface area contributed by atoms with E-state index in [1.54, 1.807) is 6.92 Å². The van der Waals surface area contributed by atoms with Crippen LogP contribution in [0.1, 0.15) is 44.4 Å². The summed E-state index contributed by atoms with van der Waals surface area (Å²) in [7, 11) is 0. The summed E-state index contributed by atoms with van der Waals surface area (Å²) < 4.78 is 27.4. The topological polar surface area (TPSA) is 32.3 Å². The molecule has 19 heavy (non-hydrogen) atoms. The number of nitrogens with one attached hydrogen (secondary N) is 1. The quantitative estimate of drug-likeness (QED) is 0.884. The zero-order valence-electron chi connectivity index (χ0n) is 11.8. The van der Waals surface area contributed by atoms with E-state index in [2.05, 4.69) is 5.32 Å². The van der Waals surface area contributed by atoms with Crippen LogP contribution < -0.4 is 5.32 Å². The smallest absolute Gasteiger partial charge is 0.128 e. The average molecular weight is 269 g/mol. The van der Waals surface area contributed by atoms with Crippen LogP contribution in [0.5, 0.6) is 0 Å². The van der Waals surface area contributed by atoms with E-state index in [1.807, 2.05) is 20.8 Å². The number of benzene rings is 1. The fourth-order valence-corrected chi connectivity index (χ4v) is 2.57. The maximum absolute atomic E-state index is 13.9. The SMILES string of the molecule is Cc1cc(F)c(C(C)NC2CC(O)C2(C)C)cc1F. The minimum absolute atomic E-state index is 0.112. The molecule has 0 heterocycles. The molecule has 0 aromatic heterocycles. The molecular weight excluding hydrogens is 248 g/mol. The van der Waals surface area contributed by atoms with E-state index < -0.39 is 11.6 Å². The van der Waals surface area contributed by atoms with Gasteiger partial charge in [-0.15, -0.1) is 0 Å². The zero-order valence-corrected chi connectivity index (χ0v) is 11.8. The second-order valence-electron chi connectivity index (χ2n) is 6.14. The lowest BCUT2D eigenvalue weighted by atomic mass is 9.64. The van der Waals surface area contributed by atoms with Gasteiger partial charge in [0.15, 0.2) is 0 Å². The van der Waals surface area contributed by atoms with E-state index in [0.717, 1.165) is 0 Å². The molecule has 0 spiro atoms. The number of hydrogen-bond donors (Lipinski definition) is 2. The van der Waals surface area contributed by atoms with E-state index in [1.165, 1.54) is 12.1 Å². The van der Waals surface area contributed by atoms with Crippen molar-refractivity contribution in [3.05, 3.63) is 34.9 Å². The first kappa shape index (κ1) is 14.4. The van der Waals surface area contributed by atoms with Crippen molar-refractivity contribution in [2.75, 3.05) is 0 Å². The van der Waals surface area contributed by atoms with Gasteiger partial charge >= 0.3 is 0 Å². The summed E-state index contributed by atoms with van der Waals surface area (Å²) in [6, 6.07) is 2.31. The normalized spacial score (nSPS) is 26.9. The zero-order chi connectivity index (χ0) is 14.4. The molecule has 4 heteroatoms. The van der Waals surface area contributed by atoms with Crippen LogP contribution >= 0.6 is 0 Å². The third-order valence-corrected chi connectivity index (χ3v) is 4.41. The Bertz CT molecular complexity index is 487. The molecule has 1 aliphatic rings. The molecule has 0 radical (unpaired) electrons. The Hall–Kier alpha value is -1.00. The Balaban J connectivity index is 2.13. The summed E-state index contributed by atoms with van der Waals surface area (Å²) in [5.41, 5.74) is 0.418. The van der Waals surface area contributed by atoms with Crippen LogP contribution in [-0.4, -0.2) is 17.3 Å². The molecule has 0 bridgehead atoms. The van der Waals surface area contributed by atoms with Gasteiger partial charge in [0.05, 0.1) is 6.10 Å². The Morgan fingerprint density at radius 3 is 2.47 bits per heavy atom. The molecule has 3 atom stereocenters. The molecule has 1 saturated carbocycles. The van der Waals surface area contributed by atoms with Gasteiger partial charge < -0.3 is 10.4 Å². The minimum atomic E-state index is -0.392. The number of hydrogen-bond acceptors (Lipinski definition) is 2. The van der Waals surface area contributed by atoms with E-state index in [0.29, 0.717) is 17.5 Å². The minimum Gasteiger partial charge on any atom is -0.392 e. The van der Waals surface area contributed by atoms with E-state index in [4.69, 9.17) is 0 Å². The van der Waals surface area contributed by atoms with Crippen molar-refractivity contribution in [3.8, 4) is 0 Å². The first-order valence-corrected chi connectivity index (χ1v) is 6.63. The van der Waals surface area contributed by atoms with Gasteiger partial charge in [-0.2, -0.15) is 0 Å². The second-order valence-corrected chi connectivity index (χ2v) is 6.14. The van der Waals surface area contributed by atoms with E-state index in [-0.39, 0.29) is 23.6 Å². The number of aliphatic hydroxyl groups excluding tert-OH is 1. The molecule has 1 aromatic carbocycles. The largest absolute Gasteiger partial charge is 0.392 e. The summed E-state index contributed by atoms with van der Waals surface area (Å²) in [6.45, 7) is 7.30. The van der Waals surface area contributed by atoms with Crippen LogP contribution in [0.2, 0.25) is 0 Å². The van der Waals surface area contributed by atoms with Gasteiger partial charge in [-0.1, -0.05) is 13.8 Å². The first-order chi connectivity index (χ1) is 8.73. The highest BCUT2D eigenvalue weighted by Gasteiger charge is 2.47. The molecule has 2 nitrogen and oxygen atoms in total. The Morgan fingerprint density at radius 2 is 1.95 bits per heavy atom. The van der Waals surface area contributed by atoms with Crippen molar-refractivity contribution >= 4 is 0 Å². The maximum Gasteiger partial charge on any atom is 0.128 e. The van der Waals surface area contributed by atoms with Gasteiger partial charge in [-0.25, -0.2) is 8.78 Å². The Labute approximate surface area is 112 Å². The fraction of sp³-hybridized carbons (Fsp3) is 0.600. The maximum atomic E-state index is 13.9. The summed E-state index contributed by atoms with van der Waals surface area (Å²) in [4.78, 5) is 0. The first-order valence-electron chi connectivity index (χ1n) is 6.63. The summed E-state index contributed by atoms with van der Waals surface area (Å²) in [6.07, 6.45) is 0.310. The van der Waals surface area contributed by atoms with Gasteiger partial charge in [0.1, 0.15) is 11.6 Å². The third-order valence-electron chi connectivity index (χ3n) is 4.41. The number of halogens is 2. The van der Waals surface area contributed by atoms with Gasteiger partial charge in [-0.05, 0) is 38.0 Å². The van der Waals surface area contributed by atoms with Gasteiger partial charge in [0, 0.05) is 23.1 Å². The van der Waals surface area contributed by atoms with E-state index >= 15 is 0 Å². The van der Waals surface area contributed by atoms with Crippen molar-refractivity contribution in [3.63, 3.8) is 0 Å².